The van der Waals surface area contributed by atoms with Gasteiger partial charge in [0.15, 0.2) is 0 Å². The van der Waals surface area contributed by atoms with E-state index in [0.29, 0.717) is 22.5 Å². The van der Waals surface area contributed by atoms with E-state index in [1.165, 1.54) is 23.9 Å². The summed E-state index contributed by atoms with van der Waals surface area (Å²) >= 11 is 3.45. The highest BCUT2D eigenvalue weighted by Gasteiger charge is 2.19. The van der Waals surface area contributed by atoms with Crippen LogP contribution in [0.1, 0.15) is 56.8 Å². The summed E-state index contributed by atoms with van der Waals surface area (Å²) in [6.45, 7) is 6.12. The van der Waals surface area contributed by atoms with Crippen LogP contribution in [0.4, 0.5) is 5.69 Å². The Morgan fingerprint density at radius 2 is 1.85 bits per heavy atom. The lowest BCUT2D eigenvalue weighted by molar-refractivity contribution is 0.401. The van der Waals surface area contributed by atoms with Gasteiger partial charge in [0.05, 0.1) is 37.0 Å². The van der Waals surface area contributed by atoms with Crippen LogP contribution in [0.2, 0.25) is 0 Å². The Hall–Kier alpha value is -2.87. The van der Waals surface area contributed by atoms with Gasteiger partial charge in [-0.3, -0.25) is 4.79 Å². The number of anilines is 1. The maximum absolute atomic E-state index is 13.4. The molecular formula is C26H31BrN4O3. The molecule has 1 aliphatic heterocycles. The first-order valence-electron chi connectivity index (χ1n) is 11.7. The average Bonchev–Trinajstić information content (AvgIpc) is 2.87. The van der Waals surface area contributed by atoms with Crippen molar-refractivity contribution in [2.24, 2.45) is 5.10 Å². The van der Waals surface area contributed by atoms with Crippen molar-refractivity contribution in [2.75, 3.05) is 32.2 Å². The number of rotatable bonds is 7. The Balaban J connectivity index is 1.82. The normalized spacial score (nSPS) is 15.1. The lowest BCUT2D eigenvalue weighted by Gasteiger charge is -2.30. The minimum Gasteiger partial charge on any atom is -0.496 e. The Morgan fingerprint density at radius 1 is 1.12 bits per heavy atom. The molecule has 0 spiro atoms. The van der Waals surface area contributed by atoms with Crippen LogP contribution >= 0.6 is 15.9 Å². The van der Waals surface area contributed by atoms with Crippen LogP contribution in [0.15, 0.2) is 44.7 Å². The standard InChI is InChI=1S/C26H31BrN4O3/c1-5-17(2)25-29-21-10-9-19(27)14-20(21)26(32)31(25)28-16-18-13-24(34-4)22(15-23(18)33-3)30-11-7-6-8-12-30/h9-10,13-17H,5-8,11-12H2,1-4H3/t17-/m0/s1. The molecule has 1 saturated heterocycles. The molecule has 7 nitrogen and oxygen atoms in total. The summed E-state index contributed by atoms with van der Waals surface area (Å²) in [5.74, 6) is 2.14. The molecule has 34 heavy (non-hydrogen) atoms. The van der Waals surface area contributed by atoms with E-state index in [-0.39, 0.29) is 11.5 Å². The number of benzene rings is 2. The van der Waals surface area contributed by atoms with E-state index in [1.54, 1.807) is 26.5 Å². The molecule has 1 atom stereocenters. The third-order valence-corrected chi connectivity index (χ3v) is 6.92. The zero-order valence-corrected chi connectivity index (χ0v) is 21.8. The number of nitrogens with zero attached hydrogens (tertiary/aromatic N) is 4. The van der Waals surface area contributed by atoms with Crippen LogP contribution < -0.4 is 19.9 Å². The first-order chi connectivity index (χ1) is 16.5. The van der Waals surface area contributed by atoms with Crippen molar-refractivity contribution < 1.29 is 9.47 Å². The maximum Gasteiger partial charge on any atom is 0.282 e. The summed E-state index contributed by atoms with van der Waals surface area (Å²) in [5.41, 5.74) is 2.22. The summed E-state index contributed by atoms with van der Waals surface area (Å²) in [7, 11) is 3.32. The van der Waals surface area contributed by atoms with Crippen molar-refractivity contribution in [1.29, 1.82) is 0 Å². The largest absolute Gasteiger partial charge is 0.496 e. The fourth-order valence-corrected chi connectivity index (χ4v) is 4.65. The third kappa shape index (κ3) is 4.82. The second-order valence-corrected chi connectivity index (χ2v) is 9.53. The number of halogens is 1. The molecule has 0 aliphatic carbocycles. The molecule has 180 valence electrons. The second kappa shape index (κ2) is 10.6. The monoisotopic (exact) mass is 526 g/mol. The zero-order valence-electron chi connectivity index (χ0n) is 20.2. The van der Waals surface area contributed by atoms with E-state index in [0.717, 1.165) is 41.0 Å². The summed E-state index contributed by atoms with van der Waals surface area (Å²) in [5, 5.41) is 5.12. The molecule has 4 rings (SSSR count). The highest BCUT2D eigenvalue weighted by Crippen LogP contribution is 2.36. The summed E-state index contributed by atoms with van der Waals surface area (Å²) in [4.78, 5) is 20.5. The summed E-state index contributed by atoms with van der Waals surface area (Å²) < 4.78 is 13.7. The van der Waals surface area contributed by atoms with Gasteiger partial charge >= 0.3 is 0 Å². The molecule has 1 fully saturated rings. The van der Waals surface area contributed by atoms with Gasteiger partial charge in [-0.25, -0.2) is 4.98 Å². The average molecular weight is 527 g/mol. The predicted octanol–water partition coefficient (Wildman–Crippen LogP) is 5.56. The van der Waals surface area contributed by atoms with Crippen LogP contribution in [-0.4, -0.2) is 43.2 Å². The van der Waals surface area contributed by atoms with Crippen LogP contribution in [0.3, 0.4) is 0 Å². The second-order valence-electron chi connectivity index (χ2n) is 8.62. The minimum absolute atomic E-state index is 0.0656. The SMILES string of the molecule is CC[C@H](C)c1nc2ccc(Br)cc2c(=O)n1N=Cc1cc(OC)c(N2CCCCC2)cc1OC. The molecule has 0 amide bonds. The Labute approximate surface area is 208 Å². The zero-order chi connectivity index (χ0) is 24.2. The van der Waals surface area contributed by atoms with Crippen LogP contribution in [0, 0.1) is 0 Å². The number of methoxy groups -OCH3 is 2. The number of fused-ring (bicyclic) bond motifs is 1. The lowest BCUT2D eigenvalue weighted by atomic mass is 10.1. The predicted molar refractivity (Wildman–Crippen MR) is 141 cm³/mol. The topological polar surface area (TPSA) is 69.0 Å². The lowest BCUT2D eigenvalue weighted by Crippen LogP contribution is -2.29. The molecule has 3 aromatic rings. The fraction of sp³-hybridized carbons (Fsp3) is 0.423. The molecule has 2 aromatic carbocycles. The number of hydrogen-bond acceptors (Lipinski definition) is 6. The molecule has 0 unspecified atom stereocenters. The van der Waals surface area contributed by atoms with Crippen molar-refractivity contribution in [3.8, 4) is 11.5 Å². The summed E-state index contributed by atoms with van der Waals surface area (Å²) in [6, 6.07) is 9.46. The summed E-state index contributed by atoms with van der Waals surface area (Å²) in [6.07, 6.45) is 6.08. The van der Waals surface area contributed by atoms with Crippen molar-refractivity contribution in [3.05, 3.63) is 56.5 Å². The molecular weight excluding hydrogens is 496 g/mol. The van der Waals surface area contributed by atoms with E-state index in [4.69, 9.17) is 14.5 Å². The Kier molecular flexibility index (Phi) is 7.56. The van der Waals surface area contributed by atoms with E-state index in [2.05, 4.69) is 39.8 Å². The first kappa shape index (κ1) is 24.3. The third-order valence-electron chi connectivity index (χ3n) is 6.43. The van der Waals surface area contributed by atoms with Gasteiger partial charge in [0.2, 0.25) is 0 Å². The fourth-order valence-electron chi connectivity index (χ4n) is 4.29. The van der Waals surface area contributed by atoms with Gasteiger partial charge < -0.3 is 14.4 Å². The van der Waals surface area contributed by atoms with Gasteiger partial charge in [0, 0.05) is 35.1 Å². The van der Waals surface area contributed by atoms with E-state index < -0.39 is 0 Å². The van der Waals surface area contributed by atoms with Crippen LogP contribution in [-0.2, 0) is 0 Å². The van der Waals surface area contributed by atoms with Gasteiger partial charge in [0.25, 0.3) is 5.56 Å². The van der Waals surface area contributed by atoms with Gasteiger partial charge in [0.1, 0.15) is 17.3 Å². The minimum atomic E-state index is -0.200. The first-order valence-corrected chi connectivity index (χ1v) is 12.5. The molecule has 0 saturated carbocycles. The molecule has 2 heterocycles. The Morgan fingerprint density at radius 3 is 2.53 bits per heavy atom. The number of ether oxygens (including phenoxy) is 2. The molecule has 0 N–H and O–H groups in total. The van der Waals surface area contributed by atoms with Gasteiger partial charge in [-0.15, -0.1) is 0 Å². The number of piperidine rings is 1. The van der Waals surface area contributed by atoms with Crippen molar-refractivity contribution >= 4 is 38.7 Å². The number of aromatic nitrogens is 2. The van der Waals surface area contributed by atoms with Crippen molar-refractivity contribution in [1.82, 2.24) is 9.66 Å². The van der Waals surface area contributed by atoms with Gasteiger partial charge in [-0.05, 0) is 49.9 Å². The molecule has 1 aromatic heterocycles. The van der Waals surface area contributed by atoms with Crippen LogP contribution in [0.25, 0.3) is 10.9 Å². The highest BCUT2D eigenvalue weighted by atomic mass is 79.9. The van der Waals surface area contributed by atoms with Crippen molar-refractivity contribution in [2.45, 2.75) is 45.4 Å². The smallest absolute Gasteiger partial charge is 0.282 e. The molecule has 0 radical (unpaired) electrons. The van der Waals surface area contributed by atoms with E-state index in [9.17, 15) is 4.79 Å². The molecule has 1 aliphatic rings. The Bertz CT molecular complexity index is 1270. The quantitative estimate of drug-likeness (QED) is 0.377. The number of hydrogen-bond donors (Lipinski definition) is 0. The molecule has 0 bridgehead atoms. The van der Waals surface area contributed by atoms with E-state index in [1.807, 2.05) is 24.3 Å². The van der Waals surface area contributed by atoms with Gasteiger partial charge in [-0.1, -0.05) is 29.8 Å². The maximum atomic E-state index is 13.4. The van der Waals surface area contributed by atoms with Gasteiger partial charge in [-0.2, -0.15) is 9.78 Å². The molecule has 8 heteroatoms. The van der Waals surface area contributed by atoms with Crippen molar-refractivity contribution in [3.63, 3.8) is 0 Å². The van der Waals surface area contributed by atoms with E-state index >= 15 is 0 Å². The van der Waals surface area contributed by atoms with Crippen LogP contribution in [0.5, 0.6) is 11.5 Å². The highest BCUT2D eigenvalue weighted by molar-refractivity contribution is 9.10.